The van der Waals surface area contributed by atoms with Crippen LogP contribution < -0.4 is 5.32 Å². The number of nitrogens with one attached hydrogen (secondary N) is 1. The molecule has 2 aromatic carbocycles. The molecule has 0 saturated heterocycles. The van der Waals surface area contributed by atoms with Crippen LogP contribution in [0, 0.1) is 0 Å². The molecule has 0 atom stereocenters. The SMILES string of the molecule is CC(=O)c1ccc(-c2cccc(NC(=O)OC(C)(C)C)c2)cc1. The number of Topliss-reactive ketones (excluding diaryl/α,β-unsaturated/α-hetero) is 1. The number of hydrogen-bond acceptors (Lipinski definition) is 3. The lowest BCUT2D eigenvalue weighted by Crippen LogP contribution is -2.27. The van der Waals surface area contributed by atoms with Gasteiger partial charge in [0.15, 0.2) is 5.78 Å². The summed E-state index contributed by atoms with van der Waals surface area (Å²) in [5.74, 6) is 0.0388. The van der Waals surface area contributed by atoms with Crippen LogP contribution in [-0.2, 0) is 4.74 Å². The molecule has 0 radical (unpaired) electrons. The second-order valence-corrected chi connectivity index (χ2v) is 6.34. The van der Waals surface area contributed by atoms with E-state index in [1.807, 2.05) is 51.1 Å². The summed E-state index contributed by atoms with van der Waals surface area (Å²) in [6, 6.07) is 14.9. The molecule has 120 valence electrons. The third-order valence-electron chi connectivity index (χ3n) is 3.13. The van der Waals surface area contributed by atoms with Gasteiger partial charge >= 0.3 is 6.09 Å². The minimum atomic E-state index is -0.537. The highest BCUT2D eigenvalue weighted by Crippen LogP contribution is 2.23. The first kappa shape index (κ1) is 16.7. The molecule has 2 rings (SSSR count). The van der Waals surface area contributed by atoms with E-state index in [0.29, 0.717) is 11.3 Å². The minimum absolute atomic E-state index is 0.0388. The molecule has 0 saturated carbocycles. The number of carbonyl (C=O) groups excluding carboxylic acids is 2. The molecule has 0 aliphatic rings. The normalized spacial score (nSPS) is 11.0. The van der Waals surface area contributed by atoms with Gasteiger partial charge in [-0.3, -0.25) is 10.1 Å². The van der Waals surface area contributed by atoms with Crippen molar-refractivity contribution in [2.24, 2.45) is 0 Å². The van der Waals surface area contributed by atoms with Crippen LogP contribution in [-0.4, -0.2) is 17.5 Å². The van der Waals surface area contributed by atoms with E-state index >= 15 is 0 Å². The summed E-state index contributed by atoms with van der Waals surface area (Å²) < 4.78 is 5.24. The number of ketones is 1. The summed E-state index contributed by atoms with van der Waals surface area (Å²) in [5, 5.41) is 2.72. The maximum Gasteiger partial charge on any atom is 0.412 e. The van der Waals surface area contributed by atoms with Crippen molar-refractivity contribution in [3.63, 3.8) is 0 Å². The number of hydrogen-bond donors (Lipinski definition) is 1. The standard InChI is InChI=1S/C19H21NO3/c1-13(21)14-8-10-15(11-9-14)16-6-5-7-17(12-16)20-18(22)23-19(2,3)4/h5-12H,1-4H3,(H,20,22). The van der Waals surface area contributed by atoms with Crippen LogP contribution in [0.4, 0.5) is 10.5 Å². The smallest absolute Gasteiger partial charge is 0.412 e. The van der Waals surface area contributed by atoms with Crippen LogP contribution in [0.1, 0.15) is 38.1 Å². The highest BCUT2D eigenvalue weighted by atomic mass is 16.6. The molecule has 23 heavy (non-hydrogen) atoms. The van der Waals surface area contributed by atoms with Gasteiger partial charge in [-0.1, -0.05) is 36.4 Å². The second-order valence-electron chi connectivity index (χ2n) is 6.34. The topological polar surface area (TPSA) is 55.4 Å². The van der Waals surface area contributed by atoms with Crippen LogP contribution in [0.25, 0.3) is 11.1 Å². The van der Waals surface area contributed by atoms with Gasteiger partial charge < -0.3 is 4.74 Å². The summed E-state index contributed by atoms with van der Waals surface area (Å²) in [4.78, 5) is 23.1. The van der Waals surface area contributed by atoms with E-state index in [2.05, 4.69) is 5.32 Å². The van der Waals surface area contributed by atoms with E-state index in [0.717, 1.165) is 11.1 Å². The minimum Gasteiger partial charge on any atom is -0.444 e. The third-order valence-corrected chi connectivity index (χ3v) is 3.13. The van der Waals surface area contributed by atoms with Gasteiger partial charge in [-0.2, -0.15) is 0 Å². The van der Waals surface area contributed by atoms with Crippen LogP contribution in [0.2, 0.25) is 0 Å². The van der Waals surface area contributed by atoms with Crippen LogP contribution in [0.5, 0.6) is 0 Å². The Bertz CT molecular complexity index is 712. The predicted molar refractivity (Wildman–Crippen MR) is 91.7 cm³/mol. The summed E-state index contributed by atoms with van der Waals surface area (Å²) >= 11 is 0. The fourth-order valence-corrected chi connectivity index (χ4v) is 2.10. The van der Waals surface area contributed by atoms with E-state index in [9.17, 15) is 9.59 Å². The Morgan fingerprint density at radius 2 is 1.61 bits per heavy atom. The Morgan fingerprint density at radius 1 is 0.957 bits per heavy atom. The molecule has 1 amide bonds. The highest BCUT2D eigenvalue weighted by Gasteiger charge is 2.16. The van der Waals surface area contributed by atoms with Crippen molar-refractivity contribution in [2.75, 3.05) is 5.32 Å². The molecule has 0 unspecified atom stereocenters. The van der Waals surface area contributed by atoms with Crippen molar-refractivity contribution < 1.29 is 14.3 Å². The second kappa shape index (κ2) is 6.65. The number of ether oxygens (including phenoxy) is 1. The van der Waals surface area contributed by atoms with E-state index in [1.165, 1.54) is 0 Å². The predicted octanol–water partition coefficient (Wildman–Crippen LogP) is 4.90. The number of anilines is 1. The molecule has 1 N–H and O–H groups in total. The average molecular weight is 311 g/mol. The fraction of sp³-hybridized carbons (Fsp3) is 0.263. The number of rotatable bonds is 3. The largest absolute Gasteiger partial charge is 0.444 e. The van der Waals surface area contributed by atoms with Crippen molar-refractivity contribution in [1.29, 1.82) is 0 Å². The first-order valence-electron chi connectivity index (χ1n) is 7.46. The summed E-state index contributed by atoms with van der Waals surface area (Å²) in [5.41, 5.74) is 2.73. The zero-order valence-corrected chi connectivity index (χ0v) is 13.8. The molecular weight excluding hydrogens is 290 g/mol. The summed E-state index contributed by atoms with van der Waals surface area (Å²) in [6.45, 7) is 7.00. The fourth-order valence-electron chi connectivity index (χ4n) is 2.10. The quantitative estimate of drug-likeness (QED) is 0.820. The molecule has 0 bridgehead atoms. The number of carbonyl (C=O) groups is 2. The van der Waals surface area contributed by atoms with Gasteiger partial charge in [0.25, 0.3) is 0 Å². The Balaban J connectivity index is 2.16. The Hall–Kier alpha value is -2.62. The highest BCUT2D eigenvalue weighted by molar-refractivity contribution is 5.94. The van der Waals surface area contributed by atoms with E-state index in [-0.39, 0.29) is 5.78 Å². The molecule has 0 aliphatic heterocycles. The van der Waals surface area contributed by atoms with Gasteiger partial charge in [-0.05, 0) is 51.0 Å². The lowest BCUT2D eigenvalue weighted by molar-refractivity contribution is 0.0635. The van der Waals surface area contributed by atoms with E-state index in [1.54, 1.807) is 25.1 Å². The van der Waals surface area contributed by atoms with Gasteiger partial charge in [-0.15, -0.1) is 0 Å². The van der Waals surface area contributed by atoms with Crippen molar-refractivity contribution in [2.45, 2.75) is 33.3 Å². The molecule has 0 spiro atoms. The molecule has 0 fully saturated rings. The molecule has 2 aromatic rings. The Morgan fingerprint density at radius 3 is 2.17 bits per heavy atom. The van der Waals surface area contributed by atoms with Crippen LogP contribution >= 0.6 is 0 Å². The first-order valence-corrected chi connectivity index (χ1v) is 7.46. The van der Waals surface area contributed by atoms with Crippen molar-refractivity contribution in [3.05, 3.63) is 54.1 Å². The van der Waals surface area contributed by atoms with Gasteiger partial charge in [0.2, 0.25) is 0 Å². The van der Waals surface area contributed by atoms with Gasteiger partial charge in [-0.25, -0.2) is 4.79 Å². The van der Waals surface area contributed by atoms with E-state index in [4.69, 9.17) is 4.74 Å². The molecule has 4 heteroatoms. The average Bonchev–Trinajstić information content (AvgIpc) is 2.45. The zero-order chi connectivity index (χ0) is 17.0. The van der Waals surface area contributed by atoms with Crippen molar-refractivity contribution in [1.82, 2.24) is 0 Å². The first-order chi connectivity index (χ1) is 10.7. The monoisotopic (exact) mass is 311 g/mol. The lowest BCUT2D eigenvalue weighted by Gasteiger charge is -2.19. The maximum absolute atomic E-state index is 11.8. The summed E-state index contributed by atoms with van der Waals surface area (Å²) in [7, 11) is 0. The zero-order valence-electron chi connectivity index (χ0n) is 13.8. The van der Waals surface area contributed by atoms with Crippen LogP contribution in [0.15, 0.2) is 48.5 Å². The molecule has 0 aromatic heterocycles. The van der Waals surface area contributed by atoms with Crippen molar-refractivity contribution in [3.8, 4) is 11.1 Å². The third kappa shape index (κ3) is 4.95. The van der Waals surface area contributed by atoms with E-state index < -0.39 is 11.7 Å². The number of benzene rings is 2. The molecule has 4 nitrogen and oxygen atoms in total. The van der Waals surface area contributed by atoms with Gasteiger partial charge in [0, 0.05) is 11.3 Å². The van der Waals surface area contributed by atoms with Gasteiger partial charge in [0.1, 0.15) is 5.60 Å². The number of amides is 1. The lowest BCUT2D eigenvalue weighted by atomic mass is 10.0. The molecule has 0 heterocycles. The molecular formula is C19H21NO3. The Kier molecular flexibility index (Phi) is 4.84. The Labute approximate surface area is 136 Å². The van der Waals surface area contributed by atoms with Crippen molar-refractivity contribution >= 4 is 17.6 Å². The molecule has 0 aliphatic carbocycles. The summed E-state index contributed by atoms with van der Waals surface area (Å²) in [6.07, 6.45) is -0.485. The van der Waals surface area contributed by atoms with Gasteiger partial charge in [0.05, 0.1) is 0 Å². The maximum atomic E-state index is 11.8. The van der Waals surface area contributed by atoms with Crippen LogP contribution in [0.3, 0.4) is 0 Å².